The number of carboxylic acids is 1. The Bertz CT molecular complexity index is 1520. The fourth-order valence-electron chi connectivity index (χ4n) is 4.00. The number of aliphatic hydroxyl groups is 1. The van der Waals surface area contributed by atoms with Crippen LogP contribution in [0.1, 0.15) is 22.3 Å². The van der Waals surface area contributed by atoms with Crippen LogP contribution in [0.15, 0.2) is 89.4 Å². The van der Waals surface area contributed by atoms with E-state index in [-0.39, 0.29) is 19.8 Å². The van der Waals surface area contributed by atoms with Crippen molar-refractivity contribution < 1.29 is 24.5 Å². The van der Waals surface area contributed by atoms with E-state index in [1.807, 2.05) is 54.6 Å². The molecule has 0 amide bonds. The van der Waals surface area contributed by atoms with Gasteiger partial charge in [-0.3, -0.25) is 10.1 Å². The van der Waals surface area contributed by atoms with E-state index in [2.05, 4.69) is 27.3 Å². The van der Waals surface area contributed by atoms with Crippen LogP contribution < -0.4 is 14.8 Å². The normalized spacial score (nSPS) is 11.4. The lowest BCUT2D eigenvalue weighted by atomic mass is 10.0. The molecule has 0 bridgehead atoms. The van der Waals surface area contributed by atoms with Gasteiger partial charge in [0.05, 0.1) is 23.3 Å². The van der Waals surface area contributed by atoms with Crippen molar-refractivity contribution in [1.82, 2.24) is 5.32 Å². The van der Waals surface area contributed by atoms with Crippen molar-refractivity contribution in [2.24, 2.45) is 0 Å². The monoisotopic (exact) mass is 620 g/mol. The van der Waals surface area contributed by atoms with Crippen LogP contribution in [0.4, 0.5) is 0 Å². The number of nitrogens with zero attached hydrogens (tertiary/aromatic N) is 1. The summed E-state index contributed by atoms with van der Waals surface area (Å²) in [6.07, 6.45) is 0. The van der Waals surface area contributed by atoms with Crippen LogP contribution in [0, 0.1) is 11.3 Å². The first-order valence-corrected chi connectivity index (χ1v) is 13.5. The molecule has 1 unspecified atom stereocenters. The van der Waals surface area contributed by atoms with Crippen LogP contribution in [0.2, 0.25) is 5.02 Å². The third kappa shape index (κ3) is 7.40. The summed E-state index contributed by atoms with van der Waals surface area (Å²) in [5.74, 6) is -0.360. The average Bonchev–Trinajstić information content (AvgIpc) is 2.97. The summed E-state index contributed by atoms with van der Waals surface area (Å²) in [7, 11) is 0. The summed E-state index contributed by atoms with van der Waals surface area (Å²) in [6.45, 7) is -0.0987. The van der Waals surface area contributed by atoms with Crippen LogP contribution in [0.5, 0.6) is 11.5 Å². The third-order valence-corrected chi connectivity index (χ3v) is 7.36. The summed E-state index contributed by atoms with van der Waals surface area (Å²) in [6, 6.07) is 27.3. The molecule has 1 atom stereocenters. The number of carbonyl (C=O) groups is 1. The Morgan fingerprint density at radius 1 is 0.950 bits per heavy atom. The lowest BCUT2D eigenvalue weighted by Crippen LogP contribution is -2.39. The van der Waals surface area contributed by atoms with Gasteiger partial charge >= 0.3 is 5.97 Å². The van der Waals surface area contributed by atoms with Gasteiger partial charge < -0.3 is 19.7 Å². The van der Waals surface area contributed by atoms with Crippen LogP contribution >= 0.6 is 27.5 Å². The molecular formula is C31H26BrClN2O5. The number of nitrogens with one attached hydrogen (secondary N) is 1. The molecule has 0 saturated carbocycles. The van der Waals surface area contributed by atoms with Gasteiger partial charge in [-0.2, -0.15) is 5.26 Å². The highest BCUT2D eigenvalue weighted by atomic mass is 79.9. The fourth-order valence-corrected chi connectivity index (χ4v) is 4.85. The van der Waals surface area contributed by atoms with Crippen LogP contribution in [0.3, 0.4) is 0 Å². The number of halogens is 2. The van der Waals surface area contributed by atoms with E-state index < -0.39 is 18.6 Å². The number of aliphatic carboxylic acids is 1. The Morgan fingerprint density at radius 2 is 1.70 bits per heavy atom. The maximum absolute atomic E-state index is 11.4. The highest BCUT2D eigenvalue weighted by molar-refractivity contribution is 9.10. The number of benzene rings is 4. The maximum atomic E-state index is 11.4. The Labute approximate surface area is 245 Å². The minimum absolute atomic E-state index is 0.0791. The molecule has 0 aliphatic heterocycles. The second-order valence-corrected chi connectivity index (χ2v) is 10.1. The SMILES string of the molecule is N#Cc1cccc(COc2cc(OCc3cccc(-c4ccccc4)c3Br)c(Cl)cc2CNC(CO)C(=O)O)c1. The van der Waals surface area contributed by atoms with E-state index in [1.165, 1.54) is 0 Å². The molecule has 0 spiro atoms. The number of rotatable bonds is 12. The van der Waals surface area contributed by atoms with E-state index in [0.717, 1.165) is 26.7 Å². The molecule has 0 heterocycles. The molecule has 4 aromatic carbocycles. The van der Waals surface area contributed by atoms with Crippen LogP contribution in [-0.4, -0.2) is 28.8 Å². The topological polar surface area (TPSA) is 112 Å². The summed E-state index contributed by atoms with van der Waals surface area (Å²) in [4.78, 5) is 11.4. The van der Waals surface area contributed by atoms with E-state index in [0.29, 0.717) is 27.6 Å². The minimum atomic E-state index is -1.17. The molecule has 0 radical (unpaired) electrons. The fraction of sp³-hybridized carbons (Fsp3) is 0.161. The van der Waals surface area contributed by atoms with E-state index >= 15 is 0 Å². The van der Waals surface area contributed by atoms with E-state index in [4.69, 9.17) is 21.1 Å². The van der Waals surface area contributed by atoms with Crippen molar-refractivity contribution in [1.29, 1.82) is 5.26 Å². The number of nitriles is 1. The van der Waals surface area contributed by atoms with Gasteiger partial charge in [0.25, 0.3) is 0 Å². The van der Waals surface area contributed by atoms with Crippen LogP contribution in [-0.2, 0) is 24.6 Å². The Balaban J connectivity index is 1.58. The molecule has 204 valence electrons. The lowest BCUT2D eigenvalue weighted by molar-refractivity contribution is -0.140. The highest BCUT2D eigenvalue weighted by Crippen LogP contribution is 2.36. The number of ether oxygens (including phenoxy) is 2. The highest BCUT2D eigenvalue weighted by Gasteiger charge is 2.18. The standard InChI is InChI=1S/C31H26BrClN2O5/c32-30-23(10-5-11-25(30)22-8-2-1-3-9-22)19-40-29-14-28(39-18-21-7-4-6-20(12-21)15-34)24(13-26(29)33)16-35-27(17-36)31(37)38/h1-14,27,35-36H,16-19H2,(H,37,38). The molecule has 4 rings (SSSR count). The largest absolute Gasteiger partial charge is 0.488 e. The molecule has 40 heavy (non-hydrogen) atoms. The van der Waals surface area contributed by atoms with Crippen molar-refractivity contribution in [3.05, 3.63) is 117 Å². The number of hydrogen-bond donors (Lipinski definition) is 3. The first kappa shape index (κ1) is 29.1. The molecule has 3 N–H and O–H groups in total. The molecule has 0 aliphatic carbocycles. The number of aliphatic hydroxyl groups excluding tert-OH is 1. The van der Waals surface area contributed by atoms with Gasteiger partial charge in [0.15, 0.2) is 0 Å². The summed E-state index contributed by atoms with van der Waals surface area (Å²) in [5.41, 5.74) is 4.92. The molecule has 7 nitrogen and oxygen atoms in total. The average molecular weight is 622 g/mol. The van der Waals surface area contributed by atoms with Crippen LogP contribution in [0.25, 0.3) is 11.1 Å². The van der Waals surface area contributed by atoms with Crippen molar-refractivity contribution in [3.63, 3.8) is 0 Å². The predicted molar refractivity (Wildman–Crippen MR) is 156 cm³/mol. The minimum Gasteiger partial charge on any atom is -0.488 e. The molecular weight excluding hydrogens is 596 g/mol. The smallest absolute Gasteiger partial charge is 0.323 e. The van der Waals surface area contributed by atoms with Crippen molar-refractivity contribution in [2.75, 3.05) is 6.61 Å². The summed E-state index contributed by atoms with van der Waals surface area (Å²) < 4.78 is 13.1. The van der Waals surface area contributed by atoms with Gasteiger partial charge in [0.1, 0.15) is 30.8 Å². The Hall–Kier alpha value is -3.87. The first-order valence-electron chi connectivity index (χ1n) is 12.4. The zero-order chi connectivity index (χ0) is 28.5. The maximum Gasteiger partial charge on any atom is 0.323 e. The van der Waals surface area contributed by atoms with Crippen molar-refractivity contribution >= 4 is 33.5 Å². The van der Waals surface area contributed by atoms with Gasteiger partial charge in [0, 0.05) is 28.2 Å². The zero-order valence-corrected chi connectivity index (χ0v) is 23.7. The van der Waals surface area contributed by atoms with Gasteiger partial charge in [0.2, 0.25) is 0 Å². The predicted octanol–water partition coefficient (Wildman–Crippen LogP) is 6.33. The van der Waals surface area contributed by atoms with Gasteiger partial charge in [-0.05, 0) is 50.8 Å². The summed E-state index contributed by atoms with van der Waals surface area (Å²) >= 11 is 10.3. The molecule has 9 heteroatoms. The van der Waals surface area contributed by atoms with Gasteiger partial charge in [-0.15, -0.1) is 0 Å². The second kappa shape index (κ2) is 14.0. The molecule has 0 aliphatic rings. The zero-order valence-electron chi connectivity index (χ0n) is 21.3. The molecule has 0 aromatic heterocycles. The summed E-state index contributed by atoms with van der Waals surface area (Å²) in [5, 5.41) is 31.0. The molecule has 0 fully saturated rings. The second-order valence-electron chi connectivity index (χ2n) is 8.88. The van der Waals surface area contributed by atoms with Gasteiger partial charge in [-0.25, -0.2) is 0 Å². The van der Waals surface area contributed by atoms with Crippen molar-refractivity contribution in [2.45, 2.75) is 25.8 Å². The number of carboxylic acid groups (broad SMARTS) is 1. The third-order valence-electron chi connectivity index (χ3n) is 6.13. The van der Waals surface area contributed by atoms with Gasteiger partial charge in [-0.1, -0.05) is 72.3 Å². The lowest BCUT2D eigenvalue weighted by Gasteiger charge is -2.18. The molecule has 0 saturated heterocycles. The molecule has 4 aromatic rings. The van der Waals surface area contributed by atoms with E-state index in [9.17, 15) is 20.3 Å². The Morgan fingerprint density at radius 3 is 2.42 bits per heavy atom. The first-order chi connectivity index (χ1) is 19.4. The quantitative estimate of drug-likeness (QED) is 0.169. The Kier molecular flexibility index (Phi) is 10.2. The van der Waals surface area contributed by atoms with Crippen molar-refractivity contribution in [3.8, 4) is 28.7 Å². The number of hydrogen-bond acceptors (Lipinski definition) is 6. The van der Waals surface area contributed by atoms with E-state index in [1.54, 1.807) is 30.3 Å².